The second kappa shape index (κ2) is 7.40. The predicted octanol–water partition coefficient (Wildman–Crippen LogP) is 1.58. The molecule has 1 saturated heterocycles. The normalized spacial score (nSPS) is 21.4. The fourth-order valence-electron chi connectivity index (χ4n) is 2.75. The van der Waals surface area contributed by atoms with Gasteiger partial charge in [0.25, 0.3) is 5.91 Å². The highest BCUT2D eigenvalue weighted by Crippen LogP contribution is 2.24. The quantitative estimate of drug-likeness (QED) is 0.861. The van der Waals surface area contributed by atoms with E-state index in [1.54, 1.807) is 23.3 Å². The second-order valence-corrected chi connectivity index (χ2v) is 6.21. The van der Waals surface area contributed by atoms with Crippen molar-refractivity contribution in [2.24, 2.45) is 5.92 Å². The zero-order chi connectivity index (χ0) is 16.1. The first-order valence-corrected chi connectivity index (χ1v) is 8.27. The van der Waals surface area contributed by atoms with Crippen LogP contribution in [0.15, 0.2) is 16.8 Å². The highest BCUT2D eigenvalue weighted by molar-refractivity contribution is 7.08. The number of amides is 2. The van der Waals surface area contributed by atoms with Crippen LogP contribution >= 0.6 is 11.3 Å². The van der Waals surface area contributed by atoms with Gasteiger partial charge in [0.05, 0.1) is 5.92 Å². The van der Waals surface area contributed by atoms with Crippen molar-refractivity contribution in [2.75, 3.05) is 13.1 Å². The molecule has 0 aliphatic carbocycles. The van der Waals surface area contributed by atoms with Crippen molar-refractivity contribution in [1.29, 1.82) is 0 Å². The Bertz CT molecular complexity index is 544. The molecule has 2 atom stereocenters. The van der Waals surface area contributed by atoms with Gasteiger partial charge in [0, 0.05) is 36.5 Å². The molecule has 22 heavy (non-hydrogen) atoms. The average molecular weight is 324 g/mol. The lowest BCUT2D eigenvalue weighted by Crippen LogP contribution is -2.49. The summed E-state index contributed by atoms with van der Waals surface area (Å²) in [5.41, 5.74) is 0.592. The Balaban J connectivity index is 1.81. The van der Waals surface area contributed by atoms with E-state index in [-0.39, 0.29) is 30.8 Å². The van der Waals surface area contributed by atoms with Crippen LogP contribution in [0.25, 0.3) is 0 Å². The van der Waals surface area contributed by atoms with E-state index in [4.69, 9.17) is 5.11 Å². The molecular weight excluding hydrogens is 304 g/mol. The van der Waals surface area contributed by atoms with Gasteiger partial charge in [-0.05, 0) is 31.2 Å². The van der Waals surface area contributed by atoms with Gasteiger partial charge in [0.2, 0.25) is 5.91 Å². The molecule has 1 aromatic heterocycles. The topological polar surface area (TPSA) is 86.7 Å². The highest BCUT2D eigenvalue weighted by Gasteiger charge is 2.34. The number of hydrogen-bond donors (Lipinski definition) is 2. The molecule has 0 bridgehead atoms. The summed E-state index contributed by atoms with van der Waals surface area (Å²) in [6.45, 7) is 2.62. The largest absolute Gasteiger partial charge is 0.481 e. The zero-order valence-electron chi connectivity index (χ0n) is 12.4. The molecule has 2 heterocycles. The summed E-state index contributed by atoms with van der Waals surface area (Å²) < 4.78 is 0. The molecule has 120 valence electrons. The number of rotatable bonds is 5. The van der Waals surface area contributed by atoms with Gasteiger partial charge in [-0.15, -0.1) is 0 Å². The van der Waals surface area contributed by atoms with E-state index in [0.29, 0.717) is 24.9 Å². The van der Waals surface area contributed by atoms with Crippen molar-refractivity contribution in [3.05, 3.63) is 22.4 Å². The van der Waals surface area contributed by atoms with Crippen LogP contribution in [0.1, 0.15) is 36.5 Å². The second-order valence-electron chi connectivity index (χ2n) is 5.43. The standard InChI is InChI=1S/C15H20N2O4S/c1-10-12(15(20)21)3-2-7-17(10)13(18)4-6-16-14(19)11-5-8-22-9-11/h5,8-10,12H,2-4,6-7H2,1H3,(H,16,19)(H,20,21)/t10-,12-/m1/s1. The lowest BCUT2D eigenvalue weighted by molar-refractivity contribution is -0.149. The number of aliphatic carboxylic acids is 1. The van der Waals surface area contributed by atoms with Crippen LogP contribution in [0.5, 0.6) is 0 Å². The van der Waals surface area contributed by atoms with Gasteiger partial charge in [0.15, 0.2) is 0 Å². The Labute approximate surface area is 133 Å². The fourth-order valence-corrected chi connectivity index (χ4v) is 3.38. The summed E-state index contributed by atoms with van der Waals surface area (Å²) >= 11 is 1.44. The Morgan fingerprint density at radius 1 is 1.45 bits per heavy atom. The Morgan fingerprint density at radius 2 is 2.23 bits per heavy atom. The molecule has 1 fully saturated rings. The molecule has 1 aliphatic rings. The van der Waals surface area contributed by atoms with Crippen molar-refractivity contribution in [1.82, 2.24) is 10.2 Å². The van der Waals surface area contributed by atoms with Gasteiger partial charge in [-0.3, -0.25) is 14.4 Å². The first-order chi connectivity index (χ1) is 10.5. The number of piperidine rings is 1. The van der Waals surface area contributed by atoms with E-state index < -0.39 is 11.9 Å². The third-order valence-corrected chi connectivity index (χ3v) is 4.72. The minimum Gasteiger partial charge on any atom is -0.481 e. The molecule has 1 aromatic rings. The summed E-state index contributed by atoms with van der Waals surface area (Å²) in [7, 11) is 0. The van der Waals surface area contributed by atoms with Crippen molar-refractivity contribution < 1.29 is 19.5 Å². The number of carbonyl (C=O) groups is 3. The van der Waals surface area contributed by atoms with E-state index in [0.717, 1.165) is 0 Å². The molecule has 6 nitrogen and oxygen atoms in total. The van der Waals surface area contributed by atoms with E-state index in [2.05, 4.69) is 5.32 Å². The maximum Gasteiger partial charge on any atom is 0.308 e. The first-order valence-electron chi connectivity index (χ1n) is 7.33. The predicted molar refractivity (Wildman–Crippen MR) is 82.8 cm³/mol. The number of carboxylic acids is 1. The number of carboxylic acid groups (broad SMARTS) is 1. The van der Waals surface area contributed by atoms with Crippen molar-refractivity contribution in [3.63, 3.8) is 0 Å². The molecule has 2 amide bonds. The van der Waals surface area contributed by atoms with Crippen LogP contribution in [0.3, 0.4) is 0 Å². The molecule has 2 rings (SSSR count). The Hall–Kier alpha value is -1.89. The van der Waals surface area contributed by atoms with Gasteiger partial charge < -0.3 is 15.3 Å². The third-order valence-electron chi connectivity index (χ3n) is 4.03. The van der Waals surface area contributed by atoms with Crippen LogP contribution in [0.2, 0.25) is 0 Å². The molecule has 0 unspecified atom stereocenters. The average Bonchev–Trinajstić information content (AvgIpc) is 3.01. The number of hydrogen-bond acceptors (Lipinski definition) is 4. The van der Waals surface area contributed by atoms with Gasteiger partial charge >= 0.3 is 5.97 Å². The summed E-state index contributed by atoms with van der Waals surface area (Å²) in [5.74, 6) is -1.65. The van der Waals surface area contributed by atoms with E-state index in [1.165, 1.54) is 11.3 Å². The minimum atomic E-state index is -0.851. The molecule has 2 N–H and O–H groups in total. The fraction of sp³-hybridized carbons (Fsp3) is 0.533. The van der Waals surface area contributed by atoms with Gasteiger partial charge in [0.1, 0.15) is 0 Å². The molecular formula is C15H20N2O4S. The summed E-state index contributed by atoms with van der Waals surface area (Å²) in [4.78, 5) is 36.8. The summed E-state index contributed by atoms with van der Waals surface area (Å²) in [6, 6.07) is 1.43. The highest BCUT2D eigenvalue weighted by atomic mass is 32.1. The number of likely N-dealkylation sites (tertiary alicyclic amines) is 1. The van der Waals surface area contributed by atoms with Crippen LogP contribution < -0.4 is 5.32 Å². The maximum atomic E-state index is 12.2. The number of carbonyl (C=O) groups excluding carboxylic acids is 2. The van der Waals surface area contributed by atoms with E-state index in [1.807, 2.05) is 5.38 Å². The van der Waals surface area contributed by atoms with E-state index >= 15 is 0 Å². The van der Waals surface area contributed by atoms with Crippen LogP contribution in [0.4, 0.5) is 0 Å². The Morgan fingerprint density at radius 3 is 2.86 bits per heavy atom. The zero-order valence-corrected chi connectivity index (χ0v) is 13.3. The van der Waals surface area contributed by atoms with Crippen molar-refractivity contribution in [2.45, 2.75) is 32.2 Å². The smallest absolute Gasteiger partial charge is 0.308 e. The van der Waals surface area contributed by atoms with Crippen molar-refractivity contribution in [3.8, 4) is 0 Å². The monoisotopic (exact) mass is 324 g/mol. The van der Waals surface area contributed by atoms with Crippen LogP contribution in [-0.2, 0) is 9.59 Å². The molecule has 0 radical (unpaired) electrons. The minimum absolute atomic E-state index is 0.107. The van der Waals surface area contributed by atoms with E-state index in [9.17, 15) is 14.4 Å². The lowest BCUT2D eigenvalue weighted by Gasteiger charge is -2.37. The molecule has 0 saturated carbocycles. The van der Waals surface area contributed by atoms with Gasteiger partial charge in [-0.25, -0.2) is 0 Å². The summed E-state index contributed by atoms with van der Waals surface area (Å²) in [6.07, 6.45) is 1.50. The first kappa shape index (κ1) is 16.5. The van der Waals surface area contributed by atoms with Gasteiger partial charge in [-0.1, -0.05) is 0 Å². The lowest BCUT2D eigenvalue weighted by atomic mass is 9.90. The van der Waals surface area contributed by atoms with Crippen molar-refractivity contribution >= 4 is 29.1 Å². The molecule has 0 spiro atoms. The SMILES string of the molecule is C[C@@H]1[C@H](C(=O)O)CCCN1C(=O)CCNC(=O)c1ccsc1. The third kappa shape index (κ3) is 3.85. The molecule has 1 aliphatic heterocycles. The van der Waals surface area contributed by atoms with Crippen LogP contribution in [0, 0.1) is 5.92 Å². The summed E-state index contributed by atoms with van der Waals surface area (Å²) in [5, 5.41) is 15.4. The maximum absolute atomic E-state index is 12.2. The number of nitrogens with zero attached hydrogens (tertiary/aromatic N) is 1. The van der Waals surface area contributed by atoms with Crippen LogP contribution in [-0.4, -0.2) is 46.9 Å². The Kier molecular flexibility index (Phi) is 5.54. The molecule has 0 aromatic carbocycles. The van der Waals surface area contributed by atoms with Gasteiger partial charge in [-0.2, -0.15) is 11.3 Å². The number of nitrogens with one attached hydrogen (secondary N) is 1. The molecule has 7 heteroatoms. The number of thiophene rings is 1.